The summed E-state index contributed by atoms with van der Waals surface area (Å²) in [5.74, 6) is 3.95. The number of ether oxygens (including phenoxy) is 1. The number of allylic oxidation sites excluding steroid dienone is 1. The topological polar surface area (TPSA) is 66.8 Å². The van der Waals surface area contributed by atoms with Crippen LogP contribution < -0.4 is 0 Å². The fourth-order valence-corrected chi connectivity index (χ4v) is 9.24. The number of hydrogen-bond donors (Lipinski definition) is 2. The van der Waals surface area contributed by atoms with Crippen LogP contribution in [0.15, 0.2) is 42.0 Å². The zero-order valence-corrected chi connectivity index (χ0v) is 26.4. The summed E-state index contributed by atoms with van der Waals surface area (Å²) in [4.78, 5) is 9.76. The number of hydrogen-bond acceptors (Lipinski definition) is 4. The van der Waals surface area contributed by atoms with Crippen LogP contribution in [0.5, 0.6) is 0 Å². The van der Waals surface area contributed by atoms with Crippen LogP contribution in [-0.2, 0) is 16.1 Å². The van der Waals surface area contributed by atoms with Crippen molar-refractivity contribution in [2.45, 2.75) is 125 Å². The molecule has 0 spiro atoms. The quantitative estimate of drug-likeness (QED) is 0.274. The van der Waals surface area contributed by atoms with Gasteiger partial charge in [-0.3, -0.25) is 4.79 Å². The second kappa shape index (κ2) is 14.5. The Morgan fingerprint density at radius 2 is 1.75 bits per heavy atom. The molecule has 0 radical (unpaired) electrons. The molecule has 3 fully saturated rings. The second-order valence-corrected chi connectivity index (χ2v) is 13.7. The van der Waals surface area contributed by atoms with Crippen LogP contribution in [0.4, 0.5) is 0 Å². The van der Waals surface area contributed by atoms with Crippen molar-refractivity contribution in [3.63, 3.8) is 0 Å². The number of aliphatic hydroxyl groups excluding tert-OH is 2. The lowest BCUT2D eigenvalue weighted by Gasteiger charge is -2.63. The average molecular weight is 555 g/mol. The minimum absolute atomic E-state index is 0.0790. The van der Waals surface area contributed by atoms with Crippen LogP contribution in [0.1, 0.15) is 112 Å². The molecule has 5 rings (SSSR count). The highest BCUT2D eigenvalue weighted by atomic mass is 16.5. The van der Waals surface area contributed by atoms with E-state index >= 15 is 0 Å². The number of rotatable bonds is 6. The summed E-state index contributed by atoms with van der Waals surface area (Å²) >= 11 is 0. The highest BCUT2D eigenvalue weighted by Gasteiger charge is 2.60. The Morgan fingerprint density at radius 3 is 2.38 bits per heavy atom. The third kappa shape index (κ3) is 6.70. The van der Waals surface area contributed by atoms with Crippen LogP contribution in [0.25, 0.3) is 0 Å². The van der Waals surface area contributed by atoms with Gasteiger partial charge in [0, 0.05) is 5.41 Å². The third-order valence-electron chi connectivity index (χ3n) is 11.2. The summed E-state index contributed by atoms with van der Waals surface area (Å²) in [7, 11) is 0. The highest BCUT2D eigenvalue weighted by molar-refractivity contribution is 5.37. The van der Waals surface area contributed by atoms with Gasteiger partial charge < -0.3 is 14.9 Å². The molecule has 0 saturated heterocycles. The largest absolute Gasteiger partial charge is 0.463 e. The van der Waals surface area contributed by atoms with Gasteiger partial charge in [-0.1, -0.05) is 83.5 Å². The van der Waals surface area contributed by atoms with Crippen molar-refractivity contribution >= 4 is 6.47 Å². The molecule has 3 saturated carbocycles. The lowest BCUT2D eigenvalue weighted by molar-refractivity contribution is -0.129. The number of carbonyl (C=O) groups is 1. The van der Waals surface area contributed by atoms with Gasteiger partial charge in [0.1, 0.15) is 6.61 Å². The molecule has 1 aromatic rings. The molecule has 4 nitrogen and oxygen atoms in total. The van der Waals surface area contributed by atoms with Crippen LogP contribution in [0.2, 0.25) is 0 Å². The number of fused-ring (bicyclic) bond motifs is 5. The molecule has 9 atom stereocenters. The summed E-state index contributed by atoms with van der Waals surface area (Å²) < 4.78 is 4.54. The highest BCUT2D eigenvalue weighted by Crippen LogP contribution is 2.67. The normalized spacial score (nSPS) is 37.1. The molecule has 1 aromatic carbocycles. The lowest BCUT2D eigenvalue weighted by Crippen LogP contribution is -2.58. The van der Waals surface area contributed by atoms with Crippen molar-refractivity contribution in [1.29, 1.82) is 0 Å². The minimum atomic E-state index is -0.307. The van der Waals surface area contributed by atoms with Crippen LogP contribution in [-0.4, -0.2) is 28.9 Å². The Hall–Kier alpha value is -1.65. The van der Waals surface area contributed by atoms with Gasteiger partial charge in [-0.2, -0.15) is 0 Å². The molecule has 0 aliphatic heterocycles. The molecule has 40 heavy (non-hydrogen) atoms. The Morgan fingerprint density at radius 1 is 1.05 bits per heavy atom. The number of aliphatic hydroxyl groups is 2. The Labute approximate surface area is 245 Å². The van der Waals surface area contributed by atoms with E-state index in [2.05, 4.69) is 38.5 Å². The first-order valence-electron chi connectivity index (χ1n) is 16.3. The van der Waals surface area contributed by atoms with E-state index in [-0.39, 0.29) is 17.6 Å². The minimum Gasteiger partial charge on any atom is -0.463 e. The van der Waals surface area contributed by atoms with Crippen LogP contribution >= 0.6 is 0 Å². The molecule has 9 unspecified atom stereocenters. The van der Waals surface area contributed by atoms with Crippen molar-refractivity contribution < 1.29 is 19.7 Å². The first-order chi connectivity index (χ1) is 19.1. The maximum Gasteiger partial charge on any atom is 0.293 e. The van der Waals surface area contributed by atoms with Crippen molar-refractivity contribution in [2.24, 2.45) is 46.3 Å². The van der Waals surface area contributed by atoms with E-state index in [1.54, 1.807) is 5.57 Å². The summed E-state index contributed by atoms with van der Waals surface area (Å²) in [6, 6.07) is 9.55. The monoisotopic (exact) mass is 554 g/mol. The molecular formula is C36H58O4. The summed E-state index contributed by atoms with van der Waals surface area (Å²) in [6.45, 7) is 16.4. The third-order valence-corrected chi connectivity index (χ3v) is 11.2. The van der Waals surface area contributed by atoms with E-state index in [9.17, 15) is 15.0 Å². The molecule has 0 bridgehead atoms. The maximum atomic E-state index is 11.1. The molecular weight excluding hydrogens is 496 g/mol. The van der Waals surface area contributed by atoms with Crippen molar-refractivity contribution in [1.82, 2.24) is 0 Å². The SMILES string of the molecule is CC.CC(C)CC1CCC2(C)C(CC=C3C2CCC2C(C)C(O)CCC32C(C)O)C1.O=COCc1ccccc1. The summed E-state index contributed by atoms with van der Waals surface area (Å²) in [6.07, 6.45) is 13.2. The predicted molar refractivity (Wildman–Crippen MR) is 164 cm³/mol. The first-order valence-corrected chi connectivity index (χ1v) is 16.3. The van der Waals surface area contributed by atoms with Gasteiger partial charge in [0.05, 0.1) is 12.2 Å². The van der Waals surface area contributed by atoms with Crippen molar-refractivity contribution in [3.05, 3.63) is 47.5 Å². The summed E-state index contributed by atoms with van der Waals surface area (Å²) in [5.41, 5.74) is 2.96. The zero-order chi connectivity index (χ0) is 29.5. The fraction of sp³-hybridized carbons (Fsp3) is 0.750. The van der Waals surface area contributed by atoms with Gasteiger partial charge in [0.15, 0.2) is 0 Å². The predicted octanol–water partition coefficient (Wildman–Crippen LogP) is 8.36. The molecule has 0 amide bonds. The van der Waals surface area contributed by atoms with E-state index in [1.807, 2.05) is 51.1 Å². The smallest absolute Gasteiger partial charge is 0.293 e. The summed E-state index contributed by atoms with van der Waals surface area (Å²) in [5, 5.41) is 21.7. The van der Waals surface area contributed by atoms with Crippen LogP contribution in [0.3, 0.4) is 0 Å². The van der Waals surface area contributed by atoms with Gasteiger partial charge in [-0.25, -0.2) is 0 Å². The molecule has 0 aromatic heterocycles. The van der Waals surface area contributed by atoms with Gasteiger partial charge in [0.2, 0.25) is 0 Å². The van der Waals surface area contributed by atoms with E-state index in [1.165, 1.54) is 44.9 Å². The average Bonchev–Trinajstić information content (AvgIpc) is 2.95. The van der Waals surface area contributed by atoms with E-state index in [0.717, 1.165) is 36.2 Å². The molecule has 4 aliphatic carbocycles. The van der Waals surface area contributed by atoms with E-state index < -0.39 is 0 Å². The zero-order valence-electron chi connectivity index (χ0n) is 26.4. The fourth-order valence-electron chi connectivity index (χ4n) is 9.24. The van der Waals surface area contributed by atoms with Gasteiger partial charge >= 0.3 is 0 Å². The van der Waals surface area contributed by atoms with Gasteiger partial charge in [-0.15, -0.1) is 0 Å². The number of carbonyl (C=O) groups excluding carboxylic acids is 1. The Balaban J connectivity index is 0.000000309. The Bertz CT molecular complexity index is 939. The van der Waals surface area contributed by atoms with E-state index in [4.69, 9.17) is 0 Å². The van der Waals surface area contributed by atoms with Gasteiger partial charge in [0.25, 0.3) is 6.47 Å². The van der Waals surface area contributed by atoms with Crippen molar-refractivity contribution in [3.8, 4) is 0 Å². The molecule has 4 aliphatic rings. The molecule has 4 heteroatoms. The first kappa shape index (κ1) is 32.9. The lowest BCUT2D eigenvalue weighted by atomic mass is 9.42. The van der Waals surface area contributed by atoms with Gasteiger partial charge in [-0.05, 0) is 111 Å². The van der Waals surface area contributed by atoms with Crippen molar-refractivity contribution in [2.75, 3.05) is 0 Å². The van der Waals surface area contributed by atoms with E-state index in [0.29, 0.717) is 36.2 Å². The second-order valence-electron chi connectivity index (χ2n) is 13.7. The Kier molecular flexibility index (Phi) is 11.9. The number of benzene rings is 1. The molecule has 0 heterocycles. The maximum absolute atomic E-state index is 11.1. The molecule has 2 N–H and O–H groups in total. The van der Waals surface area contributed by atoms with Crippen LogP contribution in [0, 0.1) is 46.3 Å². The molecule has 226 valence electrons. The standard InChI is InChI=1S/C26H44O2.C8H8O2.C2H6/c1-16(2)14-19-10-12-25(5)20(15-19)6-7-23-22(25)9-8-21-17(3)24(28)11-13-26(21,23)18(4)27;9-7-10-6-8-4-2-1-3-5-8;1-2/h7,16-22,24,27-28H,6,8-15H2,1-5H3;1-5,7H,6H2;1-2H3.